The van der Waals surface area contributed by atoms with Gasteiger partial charge in [-0.3, -0.25) is 0 Å². The first-order valence-electron chi connectivity index (χ1n) is 8.12. The predicted molar refractivity (Wildman–Crippen MR) is 88.7 cm³/mol. The van der Waals surface area contributed by atoms with Gasteiger partial charge in [-0.2, -0.15) is 0 Å². The fourth-order valence-electron chi connectivity index (χ4n) is 3.54. The topological polar surface area (TPSA) is 53.3 Å². The molecule has 0 amide bonds. The average molecular weight is 288 g/mol. The molecule has 21 heavy (non-hydrogen) atoms. The van der Waals surface area contributed by atoms with Gasteiger partial charge >= 0.3 is 0 Å². The van der Waals surface area contributed by atoms with Crippen LogP contribution in [0.25, 0.3) is 0 Å². The van der Waals surface area contributed by atoms with Gasteiger partial charge in [0.15, 0.2) is 0 Å². The summed E-state index contributed by atoms with van der Waals surface area (Å²) in [6.07, 6.45) is 3.27. The highest BCUT2D eigenvalue weighted by atomic mass is 15.1. The molecule has 4 N–H and O–H groups in total. The van der Waals surface area contributed by atoms with Crippen molar-refractivity contribution in [1.82, 2.24) is 10.6 Å². The zero-order valence-electron chi connectivity index (χ0n) is 13.3. The number of hydrogen-bond donors (Lipinski definition) is 3. The number of likely N-dealkylation sites (N-methyl/N-ethyl adjacent to an activating group) is 1. The van der Waals surface area contributed by atoms with Gasteiger partial charge in [0.05, 0.1) is 0 Å². The number of rotatable bonds is 3. The SMILES string of the molecule is CNCC1Cc2c(cccc2N2CCC(C)(N)CC2)CN1. The lowest BCUT2D eigenvalue weighted by molar-refractivity contribution is 0.363. The maximum absolute atomic E-state index is 6.27. The molecule has 1 unspecified atom stereocenters. The van der Waals surface area contributed by atoms with E-state index >= 15 is 0 Å². The van der Waals surface area contributed by atoms with Crippen LogP contribution in [0.15, 0.2) is 18.2 Å². The lowest BCUT2D eigenvalue weighted by atomic mass is 9.88. The Morgan fingerprint density at radius 2 is 2.14 bits per heavy atom. The molecule has 2 aliphatic heterocycles. The molecule has 2 aliphatic rings. The summed E-state index contributed by atoms with van der Waals surface area (Å²) in [6.45, 7) is 6.34. The lowest BCUT2D eigenvalue weighted by Crippen LogP contribution is -2.49. The van der Waals surface area contributed by atoms with Gasteiger partial charge in [-0.25, -0.2) is 0 Å². The summed E-state index contributed by atoms with van der Waals surface area (Å²) < 4.78 is 0. The van der Waals surface area contributed by atoms with Gasteiger partial charge in [-0.1, -0.05) is 12.1 Å². The molecule has 4 heteroatoms. The Kier molecular flexibility index (Phi) is 4.20. The molecule has 2 heterocycles. The van der Waals surface area contributed by atoms with Crippen molar-refractivity contribution in [2.75, 3.05) is 31.6 Å². The number of nitrogens with two attached hydrogens (primary N) is 1. The van der Waals surface area contributed by atoms with E-state index in [1.165, 1.54) is 16.8 Å². The summed E-state index contributed by atoms with van der Waals surface area (Å²) in [5, 5.41) is 6.90. The quantitative estimate of drug-likeness (QED) is 0.783. The van der Waals surface area contributed by atoms with Crippen LogP contribution in [-0.4, -0.2) is 38.3 Å². The number of benzene rings is 1. The monoisotopic (exact) mass is 288 g/mol. The molecule has 0 aromatic heterocycles. The second kappa shape index (κ2) is 5.95. The molecule has 1 fully saturated rings. The summed E-state index contributed by atoms with van der Waals surface area (Å²) in [5.74, 6) is 0. The minimum Gasteiger partial charge on any atom is -0.371 e. The Balaban J connectivity index is 1.81. The fourth-order valence-corrected chi connectivity index (χ4v) is 3.54. The van der Waals surface area contributed by atoms with Gasteiger partial charge in [0.2, 0.25) is 0 Å². The molecule has 0 aliphatic carbocycles. The van der Waals surface area contributed by atoms with Crippen molar-refractivity contribution in [2.24, 2.45) is 5.73 Å². The van der Waals surface area contributed by atoms with Gasteiger partial charge in [0.1, 0.15) is 0 Å². The molecular weight excluding hydrogens is 260 g/mol. The minimum absolute atomic E-state index is 0.0154. The van der Waals surface area contributed by atoms with Gasteiger partial charge in [0.25, 0.3) is 0 Å². The number of anilines is 1. The number of piperidine rings is 1. The van der Waals surface area contributed by atoms with Crippen molar-refractivity contribution in [3.8, 4) is 0 Å². The van der Waals surface area contributed by atoms with Crippen molar-refractivity contribution in [2.45, 2.75) is 44.3 Å². The molecule has 0 radical (unpaired) electrons. The van der Waals surface area contributed by atoms with Gasteiger partial charge in [0, 0.05) is 43.4 Å². The summed E-state index contributed by atoms with van der Waals surface area (Å²) in [4.78, 5) is 2.54. The highest BCUT2D eigenvalue weighted by molar-refractivity contribution is 5.58. The number of fused-ring (bicyclic) bond motifs is 1. The van der Waals surface area contributed by atoms with Gasteiger partial charge in [-0.15, -0.1) is 0 Å². The molecule has 0 saturated carbocycles. The van der Waals surface area contributed by atoms with Crippen molar-refractivity contribution in [3.05, 3.63) is 29.3 Å². The highest BCUT2D eigenvalue weighted by Crippen LogP contribution is 2.31. The fraction of sp³-hybridized carbons (Fsp3) is 0.647. The molecule has 1 aromatic carbocycles. The van der Waals surface area contributed by atoms with E-state index in [1.807, 2.05) is 7.05 Å². The Hall–Kier alpha value is -1.10. The maximum atomic E-state index is 6.27. The molecule has 116 valence electrons. The third-order valence-corrected chi connectivity index (χ3v) is 4.98. The maximum Gasteiger partial charge on any atom is 0.0402 e. The summed E-state index contributed by atoms with van der Waals surface area (Å²) >= 11 is 0. The van der Waals surface area contributed by atoms with E-state index in [4.69, 9.17) is 5.73 Å². The largest absolute Gasteiger partial charge is 0.371 e. The van der Waals surface area contributed by atoms with Crippen LogP contribution in [0.4, 0.5) is 5.69 Å². The van der Waals surface area contributed by atoms with Crippen LogP contribution in [0, 0.1) is 0 Å². The van der Waals surface area contributed by atoms with E-state index in [0.717, 1.165) is 45.4 Å². The average Bonchev–Trinajstić information content (AvgIpc) is 2.47. The third kappa shape index (κ3) is 3.23. The van der Waals surface area contributed by atoms with E-state index in [0.29, 0.717) is 6.04 Å². The van der Waals surface area contributed by atoms with E-state index in [1.54, 1.807) is 0 Å². The van der Waals surface area contributed by atoms with Crippen molar-refractivity contribution < 1.29 is 0 Å². The first-order chi connectivity index (χ1) is 10.1. The molecule has 4 nitrogen and oxygen atoms in total. The Bertz CT molecular complexity index is 488. The van der Waals surface area contributed by atoms with Crippen LogP contribution in [0.5, 0.6) is 0 Å². The smallest absolute Gasteiger partial charge is 0.0402 e. The first kappa shape index (κ1) is 14.8. The van der Waals surface area contributed by atoms with Crippen LogP contribution in [0.2, 0.25) is 0 Å². The summed E-state index contributed by atoms with van der Waals surface area (Å²) in [6, 6.07) is 7.29. The van der Waals surface area contributed by atoms with Crippen molar-refractivity contribution in [3.63, 3.8) is 0 Å². The molecule has 1 atom stereocenters. The first-order valence-corrected chi connectivity index (χ1v) is 8.12. The minimum atomic E-state index is 0.0154. The third-order valence-electron chi connectivity index (χ3n) is 4.98. The Morgan fingerprint density at radius 3 is 2.86 bits per heavy atom. The zero-order chi connectivity index (χ0) is 14.9. The van der Waals surface area contributed by atoms with Crippen LogP contribution in [0.3, 0.4) is 0 Å². The second-order valence-corrected chi connectivity index (χ2v) is 6.90. The van der Waals surface area contributed by atoms with E-state index in [2.05, 4.69) is 40.7 Å². The second-order valence-electron chi connectivity index (χ2n) is 6.90. The van der Waals surface area contributed by atoms with Crippen LogP contribution < -0.4 is 21.3 Å². The van der Waals surface area contributed by atoms with E-state index < -0.39 is 0 Å². The normalized spacial score (nSPS) is 24.7. The van der Waals surface area contributed by atoms with Crippen LogP contribution >= 0.6 is 0 Å². The van der Waals surface area contributed by atoms with Gasteiger partial charge < -0.3 is 21.3 Å². The highest BCUT2D eigenvalue weighted by Gasteiger charge is 2.28. The number of hydrogen-bond acceptors (Lipinski definition) is 4. The molecule has 0 spiro atoms. The standard InChI is InChI=1S/C17H28N4/c1-17(18)6-8-21(9-7-17)16-5-3-4-13-11-20-14(12-19-2)10-15(13)16/h3-5,14,19-20H,6-12,18H2,1-2H3. The molecule has 1 saturated heterocycles. The number of nitrogens with zero attached hydrogens (tertiary/aromatic N) is 1. The van der Waals surface area contributed by atoms with Crippen molar-refractivity contribution >= 4 is 5.69 Å². The molecule has 1 aromatic rings. The Morgan fingerprint density at radius 1 is 1.38 bits per heavy atom. The number of nitrogens with one attached hydrogen (secondary N) is 2. The van der Waals surface area contributed by atoms with Gasteiger partial charge in [-0.05, 0) is 50.4 Å². The lowest BCUT2D eigenvalue weighted by Gasteiger charge is -2.40. The predicted octanol–water partition coefficient (Wildman–Crippen LogP) is 1.24. The zero-order valence-corrected chi connectivity index (χ0v) is 13.3. The molecular formula is C17H28N4. The molecule has 3 rings (SSSR count). The summed E-state index contributed by atoms with van der Waals surface area (Å²) in [7, 11) is 2.02. The van der Waals surface area contributed by atoms with Crippen molar-refractivity contribution in [1.29, 1.82) is 0 Å². The van der Waals surface area contributed by atoms with Crippen LogP contribution in [0.1, 0.15) is 30.9 Å². The van der Waals surface area contributed by atoms with E-state index in [-0.39, 0.29) is 5.54 Å². The van der Waals surface area contributed by atoms with E-state index in [9.17, 15) is 0 Å². The van der Waals surface area contributed by atoms with Crippen LogP contribution in [-0.2, 0) is 13.0 Å². The summed E-state index contributed by atoms with van der Waals surface area (Å²) in [5.41, 5.74) is 10.7. The Labute approximate surface area is 128 Å². The molecule has 0 bridgehead atoms.